The summed E-state index contributed by atoms with van der Waals surface area (Å²) in [5.41, 5.74) is 3.00. The van der Waals surface area contributed by atoms with E-state index in [9.17, 15) is 9.90 Å². The fraction of sp³-hybridized carbons (Fsp3) is 0.375. The number of aromatic nitrogens is 3. The van der Waals surface area contributed by atoms with Crippen molar-refractivity contribution in [2.24, 2.45) is 0 Å². The van der Waals surface area contributed by atoms with Gasteiger partial charge in [-0.05, 0) is 35.6 Å². The lowest BCUT2D eigenvalue weighted by atomic mass is 9.98. The zero-order chi connectivity index (χ0) is 21.3. The molecule has 1 aromatic heterocycles. The molecule has 1 heterocycles. The molecule has 30 heavy (non-hydrogen) atoms. The van der Waals surface area contributed by atoms with Crippen LogP contribution in [0.3, 0.4) is 0 Å². The maximum atomic E-state index is 11.5. The third kappa shape index (κ3) is 5.47. The van der Waals surface area contributed by atoms with Crippen LogP contribution < -0.4 is 4.74 Å². The number of carboxylic acid groups (broad SMARTS) is 1. The largest absolute Gasteiger partial charge is 0.478 e. The number of rotatable bonds is 11. The summed E-state index contributed by atoms with van der Waals surface area (Å²) >= 11 is 0. The van der Waals surface area contributed by atoms with E-state index in [0.717, 1.165) is 49.2 Å². The molecule has 3 rings (SSSR count). The highest BCUT2D eigenvalue weighted by atomic mass is 16.5. The van der Waals surface area contributed by atoms with Crippen molar-refractivity contribution in [2.45, 2.75) is 52.5 Å². The van der Waals surface area contributed by atoms with E-state index >= 15 is 0 Å². The van der Waals surface area contributed by atoms with Gasteiger partial charge in [-0.1, -0.05) is 69.2 Å². The van der Waals surface area contributed by atoms with E-state index in [1.807, 2.05) is 41.1 Å². The molecule has 0 spiro atoms. The van der Waals surface area contributed by atoms with Gasteiger partial charge in [-0.15, -0.1) is 5.10 Å². The fourth-order valence-corrected chi connectivity index (χ4v) is 3.24. The summed E-state index contributed by atoms with van der Waals surface area (Å²) in [7, 11) is 0. The first kappa shape index (κ1) is 21.6. The summed E-state index contributed by atoms with van der Waals surface area (Å²) < 4.78 is 7.64. The molecule has 0 fully saturated rings. The second-order valence-corrected chi connectivity index (χ2v) is 7.31. The number of benzene rings is 2. The van der Waals surface area contributed by atoms with Crippen molar-refractivity contribution in [1.82, 2.24) is 14.8 Å². The molecule has 0 atom stereocenters. The van der Waals surface area contributed by atoms with Gasteiger partial charge in [-0.25, -0.2) is 9.48 Å². The van der Waals surface area contributed by atoms with Crippen LogP contribution >= 0.6 is 0 Å². The smallest absolute Gasteiger partial charge is 0.336 e. The highest BCUT2D eigenvalue weighted by Gasteiger charge is 2.13. The molecular weight excluding hydrogens is 378 g/mol. The van der Waals surface area contributed by atoms with Gasteiger partial charge in [0.05, 0.1) is 12.2 Å². The molecular formula is C24H29N3O3. The number of hydrogen-bond acceptors (Lipinski definition) is 4. The molecule has 0 unspecified atom stereocenters. The normalized spacial score (nSPS) is 10.9. The van der Waals surface area contributed by atoms with Crippen molar-refractivity contribution in [3.05, 3.63) is 65.5 Å². The van der Waals surface area contributed by atoms with Gasteiger partial charge in [0.1, 0.15) is 5.82 Å². The number of aryl methyl sites for hydroxylation is 1. The molecule has 0 amide bonds. The maximum Gasteiger partial charge on any atom is 0.336 e. The summed E-state index contributed by atoms with van der Waals surface area (Å²) in [6.45, 7) is 5.73. The van der Waals surface area contributed by atoms with E-state index in [0.29, 0.717) is 30.2 Å². The first-order valence-corrected chi connectivity index (χ1v) is 10.6. The Kier molecular flexibility index (Phi) is 7.60. The lowest BCUT2D eigenvalue weighted by Crippen LogP contribution is -2.06. The molecule has 0 aliphatic carbocycles. The minimum atomic E-state index is -0.922. The topological polar surface area (TPSA) is 77.2 Å². The molecule has 6 heteroatoms. The second-order valence-electron chi connectivity index (χ2n) is 7.31. The summed E-state index contributed by atoms with van der Waals surface area (Å²) in [6.07, 6.45) is 4.83. The van der Waals surface area contributed by atoms with Crippen LogP contribution in [0, 0.1) is 0 Å². The second kappa shape index (κ2) is 10.6. The lowest BCUT2D eigenvalue weighted by Gasteiger charge is -2.08. The summed E-state index contributed by atoms with van der Waals surface area (Å²) in [5.74, 6) is -0.0389. The van der Waals surface area contributed by atoms with E-state index in [4.69, 9.17) is 4.74 Å². The molecule has 0 saturated carbocycles. The third-order valence-electron chi connectivity index (χ3n) is 4.97. The highest BCUT2D eigenvalue weighted by molar-refractivity contribution is 5.95. The van der Waals surface area contributed by atoms with Gasteiger partial charge in [-0.2, -0.15) is 4.98 Å². The van der Waals surface area contributed by atoms with Crippen molar-refractivity contribution >= 4 is 5.97 Å². The Hall–Kier alpha value is -3.15. The minimum absolute atomic E-state index is 0.304. The van der Waals surface area contributed by atoms with Gasteiger partial charge in [0, 0.05) is 13.0 Å². The van der Waals surface area contributed by atoms with Crippen LogP contribution in [-0.4, -0.2) is 32.4 Å². The predicted octanol–water partition coefficient (Wildman–Crippen LogP) is 5.21. The minimum Gasteiger partial charge on any atom is -0.478 e. The Morgan fingerprint density at radius 2 is 1.77 bits per heavy atom. The Bertz CT molecular complexity index is 964. The molecule has 6 nitrogen and oxygen atoms in total. The highest BCUT2D eigenvalue weighted by Crippen LogP contribution is 2.25. The average molecular weight is 408 g/mol. The van der Waals surface area contributed by atoms with Crippen LogP contribution in [0.1, 0.15) is 61.3 Å². The Balaban J connectivity index is 1.78. The quantitative estimate of drug-likeness (QED) is 0.441. The molecule has 0 bridgehead atoms. The van der Waals surface area contributed by atoms with Crippen LogP contribution in [0.4, 0.5) is 0 Å². The van der Waals surface area contributed by atoms with E-state index < -0.39 is 5.97 Å². The van der Waals surface area contributed by atoms with Crippen LogP contribution in [0.2, 0.25) is 0 Å². The Morgan fingerprint density at radius 3 is 2.47 bits per heavy atom. The Morgan fingerprint density at radius 1 is 1.03 bits per heavy atom. The number of aromatic carboxylic acids is 1. The lowest BCUT2D eigenvalue weighted by molar-refractivity contribution is 0.0697. The van der Waals surface area contributed by atoms with Crippen LogP contribution in [-0.2, 0) is 13.0 Å². The van der Waals surface area contributed by atoms with Crippen molar-refractivity contribution in [1.29, 1.82) is 0 Å². The van der Waals surface area contributed by atoms with E-state index in [-0.39, 0.29) is 0 Å². The van der Waals surface area contributed by atoms with Gasteiger partial charge in [0.2, 0.25) is 0 Å². The molecule has 0 radical (unpaired) electrons. The van der Waals surface area contributed by atoms with Crippen molar-refractivity contribution in [3.8, 4) is 17.1 Å². The van der Waals surface area contributed by atoms with Crippen LogP contribution in [0.25, 0.3) is 11.1 Å². The first-order valence-electron chi connectivity index (χ1n) is 10.6. The molecule has 1 N–H and O–H groups in total. The van der Waals surface area contributed by atoms with Crippen LogP contribution in [0.5, 0.6) is 6.01 Å². The molecule has 158 valence electrons. The zero-order valence-electron chi connectivity index (χ0n) is 17.7. The average Bonchev–Trinajstić information content (AvgIpc) is 3.14. The fourth-order valence-electron chi connectivity index (χ4n) is 3.24. The molecule has 3 aromatic rings. The van der Waals surface area contributed by atoms with Gasteiger partial charge in [0.25, 0.3) is 0 Å². The van der Waals surface area contributed by atoms with E-state index in [2.05, 4.69) is 23.9 Å². The number of carbonyl (C=O) groups is 1. The maximum absolute atomic E-state index is 11.5. The monoisotopic (exact) mass is 407 g/mol. The number of nitrogens with zero attached hydrogens (tertiary/aromatic N) is 3. The van der Waals surface area contributed by atoms with Gasteiger partial charge in [-0.3, -0.25) is 0 Å². The number of ether oxygens (including phenoxy) is 1. The number of unbranched alkanes of at least 4 members (excludes halogenated alkanes) is 2. The van der Waals surface area contributed by atoms with Gasteiger partial charge >= 0.3 is 12.0 Å². The van der Waals surface area contributed by atoms with Crippen molar-refractivity contribution < 1.29 is 14.6 Å². The summed E-state index contributed by atoms with van der Waals surface area (Å²) in [5, 5.41) is 14.0. The SMILES string of the molecule is CCCCOc1nc(Cc2ccc(-c3ccccc3C(=O)O)cc2)n(CCCC)n1. The molecule has 0 aliphatic rings. The predicted molar refractivity (Wildman–Crippen MR) is 117 cm³/mol. The Labute approximate surface area is 177 Å². The van der Waals surface area contributed by atoms with Crippen LogP contribution in [0.15, 0.2) is 48.5 Å². The summed E-state index contributed by atoms with van der Waals surface area (Å²) in [4.78, 5) is 16.1. The van der Waals surface area contributed by atoms with Crippen molar-refractivity contribution in [2.75, 3.05) is 6.61 Å². The first-order chi connectivity index (χ1) is 14.6. The standard InChI is InChI=1S/C24H29N3O3/c1-3-5-15-27-22(25-24(26-27)30-16-6-4-2)17-18-11-13-19(14-12-18)20-9-7-8-10-21(20)23(28)29/h7-14H,3-6,15-17H2,1-2H3,(H,28,29). The number of hydrogen-bond donors (Lipinski definition) is 1. The van der Waals surface area contributed by atoms with Gasteiger partial charge < -0.3 is 9.84 Å². The van der Waals surface area contributed by atoms with Crippen molar-refractivity contribution in [3.63, 3.8) is 0 Å². The van der Waals surface area contributed by atoms with E-state index in [1.165, 1.54) is 0 Å². The zero-order valence-corrected chi connectivity index (χ0v) is 17.7. The van der Waals surface area contributed by atoms with E-state index in [1.54, 1.807) is 12.1 Å². The summed E-state index contributed by atoms with van der Waals surface area (Å²) in [6, 6.07) is 15.5. The molecule has 0 saturated heterocycles. The molecule has 2 aromatic carbocycles. The molecule has 0 aliphatic heterocycles. The van der Waals surface area contributed by atoms with Gasteiger partial charge in [0.15, 0.2) is 0 Å². The third-order valence-corrected chi connectivity index (χ3v) is 4.97. The number of carboxylic acids is 1.